The summed E-state index contributed by atoms with van der Waals surface area (Å²) >= 11 is 0. The second kappa shape index (κ2) is 8.24. The molecule has 19 heavy (non-hydrogen) atoms. The molecule has 0 saturated heterocycles. The van der Waals surface area contributed by atoms with Crippen molar-refractivity contribution in [1.82, 2.24) is 0 Å². The quantitative estimate of drug-likeness (QED) is 0.604. The highest BCUT2D eigenvalue weighted by atomic mass is 16.3. The fourth-order valence-corrected chi connectivity index (χ4v) is 2.69. The summed E-state index contributed by atoms with van der Waals surface area (Å²) in [6.45, 7) is 8.61. The van der Waals surface area contributed by atoms with E-state index in [9.17, 15) is 5.11 Å². The minimum absolute atomic E-state index is 0.492. The first-order chi connectivity index (χ1) is 9.07. The first-order valence-corrected chi connectivity index (χ1v) is 7.86. The average Bonchev–Trinajstić information content (AvgIpc) is 2.38. The normalized spacial score (nSPS) is 10.9. The van der Waals surface area contributed by atoms with Crippen LogP contribution in [0.5, 0.6) is 5.75 Å². The predicted molar refractivity (Wildman–Crippen MR) is 84.0 cm³/mol. The van der Waals surface area contributed by atoms with Gasteiger partial charge in [-0.25, -0.2) is 0 Å². The van der Waals surface area contributed by atoms with Gasteiger partial charge in [0.2, 0.25) is 0 Å². The molecule has 0 aromatic heterocycles. The fraction of sp³-hybridized carbons (Fsp3) is 0.667. The van der Waals surface area contributed by atoms with E-state index in [-0.39, 0.29) is 0 Å². The second-order valence-corrected chi connectivity index (χ2v) is 5.81. The molecule has 1 aromatic rings. The summed E-state index contributed by atoms with van der Waals surface area (Å²) in [4.78, 5) is 0. The molecule has 0 aliphatic heterocycles. The molecule has 1 aromatic carbocycles. The van der Waals surface area contributed by atoms with Gasteiger partial charge in [-0.1, -0.05) is 45.4 Å². The van der Waals surface area contributed by atoms with Crippen LogP contribution in [0.25, 0.3) is 0 Å². The van der Waals surface area contributed by atoms with Crippen molar-refractivity contribution in [1.29, 1.82) is 0 Å². The van der Waals surface area contributed by atoms with Crippen molar-refractivity contribution < 1.29 is 5.11 Å². The zero-order chi connectivity index (χ0) is 14.3. The van der Waals surface area contributed by atoms with Gasteiger partial charge in [0.05, 0.1) is 0 Å². The molecular weight excluding hydrogens is 232 g/mol. The van der Waals surface area contributed by atoms with Gasteiger partial charge >= 0.3 is 0 Å². The van der Waals surface area contributed by atoms with E-state index >= 15 is 0 Å². The smallest absolute Gasteiger partial charge is 0.119 e. The molecule has 0 fully saturated rings. The van der Waals surface area contributed by atoms with Crippen LogP contribution in [-0.4, -0.2) is 5.11 Å². The summed E-state index contributed by atoms with van der Waals surface area (Å²) in [7, 11) is 0. The first kappa shape index (κ1) is 16.1. The molecule has 1 N–H and O–H groups in total. The monoisotopic (exact) mass is 262 g/mol. The van der Waals surface area contributed by atoms with Crippen molar-refractivity contribution in [3.63, 3.8) is 0 Å². The third-order valence-corrected chi connectivity index (χ3v) is 4.30. The van der Waals surface area contributed by atoms with Crippen LogP contribution in [0.3, 0.4) is 0 Å². The van der Waals surface area contributed by atoms with E-state index in [1.165, 1.54) is 61.6 Å². The summed E-state index contributed by atoms with van der Waals surface area (Å²) in [6.07, 6.45) is 10.3. The third-order valence-electron chi connectivity index (χ3n) is 4.30. The van der Waals surface area contributed by atoms with Crippen molar-refractivity contribution in [3.8, 4) is 5.75 Å². The molecule has 0 aliphatic rings. The van der Waals surface area contributed by atoms with E-state index in [1.807, 2.05) is 6.07 Å². The van der Waals surface area contributed by atoms with Crippen LogP contribution >= 0.6 is 0 Å². The number of unbranched alkanes of at least 4 members (excludes halogenated alkanes) is 6. The lowest BCUT2D eigenvalue weighted by atomic mass is 9.94. The lowest BCUT2D eigenvalue weighted by Gasteiger charge is -2.13. The van der Waals surface area contributed by atoms with Gasteiger partial charge in [0.1, 0.15) is 5.75 Å². The number of aromatic hydroxyl groups is 1. The van der Waals surface area contributed by atoms with Crippen LogP contribution in [0.4, 0.5) is 0 Å². The number of aryl methyl sites for hydroxylation is 1. The van der Waals surface area contributed by atoms with E-state index < -0.39 is 0 Å². The molecule has 0 amide bonds. The summed E-state index contributed by atoms with van der Waals surface area (Å²) in [5.74, 6) is 0.492. The summed E-state index contributed by atoms with van der Waals surface area (Å²) in [5, 5.41) is 10.1. The average molecular weight is 262 g/mol. The highest BCUT2D eigenvalue weighted by Crippen LogP contribution is 2.28. The van der Waals surface area contributed by atoms with E-state index in [0.717, 1.165) is 12.0 Å². The molecule has 0 spiro atoms. The highest BCUT2D eigenvalue weighted by Gasteiger charge is 2.09. The fourth-order valence-electron chi connectivity index (χ4n) is 2.69. The van der Waals surface area contributed by atoms with E-state index in [0.29, 0.717) is 5.75 Å². The molecule has 1 nitrogen and oxygen atoms in total. The Morgan fingerprint density at radius 3 is 2.05 bits per heavy atom. The maximum Gasteiger partial charge on any atom is 0.119 e. The van der Waals surface area contributed by atoms with Gasteiger partial charge in [-0.05, 0) is 61.9 Å². The van der Waals surface area contributed by atoms with E-state index in [4.69, 9.17) is 0 Å². The summed E-state index contributed by atoms with van der Waals surface area (Å²) in [6, 6.07) is 1.92. The van der Waals surface area contributed by atoms with Crippen LogP contribution < -0.4 is 0 Å². The van der Waals surface area contributed by atoms with Gasteiger partial charge in [0.15, 0.2) is 0 Å². The van der Waals surface area contributed by atoms with Crippen molar-refractivity contribution in [2.24, 2.45) is 0 Å². The number of hydrogen-bond acceptors (Lipinski definition) is 1. The molecule has 108 valence electrons. The molecule has 0 unspecified atom stereocenters. The molecule has 0 heterocycles. The molecule has 0 aliphatic carbocycles. The topological polar surface area (TPSA) is 20.2 Å². The zero-order valence-corrected chi connectivity index (χ0v) is 13.2. The standard InChI is InChI=1S/C18H30O/c1-5-6-7-8-9-10-11-12-17-16(4)15(3)14(2)13-18(17)19/h13,19H,5-12H2,1-4H3. The Morgan fingerprint density at radius 1 is 0.842 bits per heavy atom. The van der Waals surface area contributed by atoms with Gasteiger partial charge in [-0.2, -0.15) is 0 Å². The lowest BCUT2D eigenvalue weighted by molar-refractivity contribution is 0.464. The van der Waals surface area contributed by atoms with Crippen LogP contribution in [-0.2, 0) is 6.42 Å². The van der Waals surface area contributed by atoms with Gasteiger partial charge in [0, 0.05) is 0 Å². The van der Waals surface area contributed by atoms with Crippen LogP contribution in [0.1, 0.15) is 74.1 Å². The zero-order valence-electron chi connectivity index (χ0n) is 13.2. The van der Waals surface area contributed by atoms with Gasteiger partial charge in [-0.3, -0.25) is 0 Å². The molecule has 1 rings (SSSR count). The maximum atomic E-state index is 10.1. The number of phenolic OH excluding ortho intramolecular Hbond substituents is 1. The highest BCUT2D eigenvalue weighted by molar-refractivity contribution is 5.47. The SMILES string of the molecule is CCCCCCCCCc1c(O)cc(C)c(C)c1C. The van der Waals surface area contributed by atoms with Crippen LogP contribution in [0.15, 0.2) is 6.07 Å². The van der Waals surface area contributed by atoms with Crippen molar-refractivity contribution in [2.75, 3.05) is 0 Å². The number of benzene rings is 1. The number of phenols is 1. The molecule has 1 heteroatoms. The molecule has 0 radical (unpaired) electrons. The predicted octanol–water partition coefficient (Wildman–Crippen LogP) is 5.61. The molecule has 0 bridgehead atoms. The van der Waals surface area contributed by atoms with Crippen LogP contribution in [0.2, 0.25) is 0 Å². The molecule has 0 saturated carbocycles. The first-order valence-electron chi connectivity index (χ1n) is 7.86. The Morgan fingerprint density at radius 2 is 1.42 bits per heavy atom. The van der Waals surface area contributed by atoms with Gasteiger partial charge in [-0.15, -0.1) is 0 Å². The minimum atomic E-state index is 0.492. The summed E-state index contributed by atoms with van der Waals surface area (Å²) < 4.78 is 0. The van der Waals surface area contributed by atoms with Crippen LogP contribution in [0, 0.1) is 20.8 Å². The maximum absolute atomic E-state index is 10.1. The van der Waals surface area contributed by atoms with Gasteiger partial charge < -0.3 is 5.11 Å². The van der Waals surface area contributed by atoms with E-state index in [2.05, 4.69) is 27.7 Å². The largest absolute Gasteiger partial charge is 0.508 e. The van der Waals surface area contributed by atoms with Crippen molar-refractivity contribution >= 4 is 0 Å². The minimum Gasteiger partial charge on any atom is -0.508 e. The van der Waals surface area contributed by atoms with Crippen molar-refractivity contribution in [3.05, 3.63) is 28.3 Å². The Hall–Kier alpha value is -0.980. The van der Waals surface area contributed by atoms with Crippen molar-refractivity contribution in [2.45, 2.75) is 79.1 Å². The Balaban J connectivity index is 2.39. The Labute approximate surface area is 119 Å². The Kier molecular flexibility index (Phi) is 6.97. The number of rotatable bonds is 8. The van der Waals surface area contributed by atoms with Gasteiger partial charge in [0.25, 0.3) is 0 Å². The molecular formula is C18H30O. The lowest BCUT2D eigenvalue weighted by Crippen LogP contribution is -1.96. The second-order valence-electron chi connectivity index (χ2n) is 5.81. The molecule has 0 atom stereocenters. The van der Waals surface area contributed by atoms with E-state index in [1.54, 1.807) is 0 Å². The number of hydrogen-bond donors (Lipinski definition) is 1. The summed E-state index contributed by atoms with van der Waals surface area (Å²) in [5.41, 5.74) is 4.97. The third kappa shape index (κ3) is 4.89. The Bertz CT molecular complexity index is 393.